The molecule has 0 radical (unpaired) electrons. The smallest absolute Gasteiger partial charge is 0.138 e. The maximum atomic E-state index is 5.80. The van der Waals surface area contributed by atoms with Gasteiger partial charge in [-0.3, -0.25) is 0 Å². The third-order valence-electron chi connectivity index (χ3n) is 3.56. The van der Waals surface area contributed by atoms with Crippen LogP contribution >= 0.6 is 11.3 Å². The number of aromatic nitrogens is 2. The largest absolute Gasteiger partial charge is 0.369 e. The Morgan fingerprint density at radius 2 is 2.28 bits per heavy atom. The lowest BCUT2D eigenvalue weighted by atomic mass is 9.81. The minimum absolute atomic E-state index is 0.412. The summed E-state index contributed by atoms with van der Waals surface area (Å²) in [6, 6.07) is 2.62. The molecule has 4 nitrogen and oxygen atoms in total. The van der Waals surface area contributed by atoms with Gasteiger partial charge in [0.2, 0.25) is 0 Å². The monoisotopic (exact) mass is 262 g/mol. The molecule has 1 aliphatic carbocycles. The highest BCUT2D eigenvalue weighted by molar-refractivity contribution is 7.18. The van der Waals surface area contributed by atoms with Crippen molar-refractivity contribution >= 4 is 27.4 Å². The topological polar surface area (TPSA) is 63.8 Å². The Labute approximate surface area is 111 Å². The molecule has 96 valence electrons. The predicted molar refractivity (Wildman–Crippen MR) is 76.0 cm³/mol. The van der Waals surface area contributed by atoms with Crippen LogP contribution in [0.15, 0.2) is 12.4 Å². The van der Waals surface area contributed by atoms with E-state index in [-0.39, 0.29) is 0 Å². The molecule has 0 saturated heterocycles. The first-order chi connectivity index (χ1) is 8.76. The molecule has 1 fully saturated rings. The highest BCUT2D eigenvalue weighted by atomic mass is 32.1. The molecule has 0 unspecified atom stereocenters. The molecule has 3 N–H and O–H groups in total. The normalized spacial score (nSPS) is 23.0. The minimum Gasteiger partial charge on any atom is -0.369 e. The average molecular weight is 262 g/mol. The zero-order chi connectivity index (χ0) is 12.5. The van der Waals surface area contributed by atoms with Crippen LogP contribution in [0.1, 0.15) is 24.6 Å². The third kappa shape index (κ3) is 2.20. The fourth-order valence-electron chi connectivity index (χ4n) is 2.42. The van der Waals surface area contributed by atoms with E-state index in [0.717, 1.165) is 41.8 Å². The van der Waals surface area contributed by atoms with Gasteiger partial charge in [0, 0.05) is 17.5 Å². The molecule has 0 atom stereocenters. The van der Waals surface area contributed by atoms with E-state index in [0.29, 0.717) is 12.0 Å². The molecule has 0 aromatic carbocycles. The number of aryl methyl sites for hydroxylation is 1. The van der Waals surface area contributed by atoms with Crippen molar-refractivity contribution in [3.05, 3.63) is 17.3 Å². The van der Waals surface area contributed by atoms with Gasteiger partial charge in [0.25, 0.3) is 0 Å². The number of anilines is 1. The van der Waals surface area contributed by atoms with Crippen molar-refractivity contribution in [2.45, 2.75) is 32.2 Å². The molecular weight excluding hydrogens is 244 g/mol. The second-order valence-electron chi connectivity index (χ2n) is 4.99. The lowest BCUT2D eigenvalue weighted by molar-refractivity contribution is 0.280. The van der Waals surface area contributed by atoms with E-state index in [1.165, 1.54) is 4.88 Å². The number of hydrogen-bond acceptors (Lipinski definition) is 5. The molecule has 1 saturated carbocycles. The number of nitrogens with two attached hydrogens (primary N) is 1. The summed E-state index contributed by atoms with van der Waals surface area (Å²) in [6.45, 7) is 3.14. The SMILES string of the molecule is CCc1cc2c(NCC3CC(N)C3)ncnc2s1. The van der Waals surface area contributed by atoms with Crippen molar-refractivity contribution in [3.63, 3.8) is 0 Å². The second kappa shape index (κ2) is 4.82. The van der Waals surface area contributed by atoms with Crippen molar-refractivity contribution in [3.8, 4) is 0 Å². The Morgan fingerprint density at radius 1 is 1.44 bits per heavy atom. The fraction of sp³-hybridized carbons (Fsp3) is 0.538. The molecule has 2 heterocycles. The Kier molecular flexibility index (Phi) is 3.18. The third-order valence-corrected chi connectivity index (χ3v) is 4.75. The van der Waals surface area contributed by atoms with Gasteiger partial charge in [-0.15, -0.1) is 11.3 Å². The van der Waals surface area contributed by atoms with Crippen LogP contribution in [0, 0.1) is 5.92 Å². The summed E-state index contributed by atoms with van der Waals surface area (Å²) in [6.07, 6.45) is 4.96. The van der Waals surface area contributed by atoms with Gasteiger partial charge < -0.3 is 11.1 Å². The average Bonchev–Trinajstić information content (AvgIpc) is 2.76. The molecule has 0 amide bonds. The molecule has 5 heteroatoms. The van der Waals surface area contributed by atoms with Gasteiger partial charge in [-0.1, -0.05) is 6.92 Å². The molecule has 2 aromatic heterocycles. The van der Waals surface area contributed by atoms with Crippen molar-refractivity contribution in [2.75, 3.05) is 11.9 Å². The predicted octanol–water partition coefficient (Wildman–Crippen LogP) is 2.40. The van der Waals surface area contributed by atoms with Crippen LogP contribution in [-0.2, 0) is 6.42 Å². The first kappa shape index (κ1) is 11.9. The highest BCUT2D eigenvalue weighted by Gasteiger charge is 2.25. The molecule has 1 aliphatic rings. The van der Waals surface area contributed by atoms with E-state index in [2.05, 4.69) is 28.3 Å². The lowest BCUT2D eigenvalue weighted by Gasteiger charge is -2.32. The van der Waals surface area contributed by atoms with Crippen LogP contribution in [-0.4, -0.2) is 22.6 Å². The van der Waals surface area contributed by atoms with E-state index in [1.807, 2.05) is 0 Å². The minimum atomic E-state index is 0.412. The van der Waals surface area contributed by atoms with Crippen LogP contribution < -0.4 is 11.1 Å². The van der Waals surface area contributed by atoms with Crippen molar-refractivity contribution in [1.29, 1.82) is 0 Å². The van der Waals surface area contributed by atoms with Gasteiger partial charge >= 0.3 is 0 Å². The number of rotatable bonds is 4. The molecule has 18 heavy (non-hydrogen) atoms. The van der Waals surface area contributed by atoms with Crippen LogP contribution in [0.3, 0.4) is 0 Å². The Bertz CT molecular complexity index is 545. The summed E-state index contributed by atoms with van der Waals surface area (Å²) in [7, 11) is 0. The standard InChI is InChI=1S/C13H18N4S/c1-2-10-5-11-12(16-7-17-13(11)18-10)15-6-8-3-9(14)4-8/h5,7-9H,2-4,6,14H2,1H3,(H,15,16,17). The number of thiophene rings is 1. The fourth-order valence-corrected chi connectivity index (χ4v) is 3.35. The zero-order valence-corrected chi connectivity index (χ0v) is 11.3. The maximum absolute atomic E-state index is 5.80. The summed E-state index contributed by atoms with van der Waals surface area (Å²) in [4.78, 5) is 11.1. The maximum Gasteiger partial charge on any atom is 0.138 e. The summed E-state index contributed by atoms with van der Waals surface area (Å²) in [5, 5.41) is 4.60. The zero-order valence-electron chi connectivity index (χ0n) is 10.5. The molecule has 0 spiro atoms. The van der Waals surface area contributed by atoms with Crippen LogP contribution in [0.5, 0.6) is 0 Å². The van der Waals surface area contributed by atoms with E-state index in [1.54, 1.807) is 17.7 Å². The van der Waals surface area contributed by atoms with Gasteiger partial charge in [0.1, 0.15) is 17.0 Å². The van der Waals surface area contributed by atoms with Crippen LogP contribution in [0.2, 0.25) is 0 Å². The van der Waals surface area contributed by atoms with Crippen LogP contribution in [0.4, 0.5) is 5.82 Å². The Balaban J connectivity index is 1.76. The first-order valence-corrected chi connectivity index (χ1v) is 7.30. The second-order valence-corrected chi connectivity index (χ2v) is 6.10. The lowest BCUT2D eigenvalue weighted by Crippen LogP contribution is -2.39. The van der Waals surface area contributed by atoms with Gasteiger partial charge in [-0.05, 0) is 31.2 Å². The van der Waals surface area contributed by atoms with E-state index in [9.17, 15) is 0 Å². The van der Waals surface area contributed by atoms with E-state index in [4.69, 9.17) is 5.73 Å². The quantitative estimate of drug-likeness (QED) is 0.888. The Hall–Kier alpha value is -1.20. The van der Waals surface area contributed by atoms with Crippen molar-refractivity contribution in [1.82, 2.24) is 9.97 Å². The molecule has 0 bridgehead atoms. The molecule has 2 aromatic rings. The van der Waals surface area contributed by atoms with Gasteiger partial charge in [0.05, 0.1) is 5.39 Å². The van der Waals surface area contributed by atoms with Crippen molar-refractivity contribution in [2.24, 2.45) is 11.7 Å². The first-order valence-electron chi connectivity index (χ1n) is 6.49. The summed E-state index contributed by atoms with van der Waals surface area (Å²) in [5.74, 6) is 1.67. The summed E-state index contributed by atoms with van der Waals surface area (Å²) in [5.41, 5.74) is 5.80. The molecule has 0 aliphatic heterocycles. The summed E-state index contributed by atoms with van der Waals surface area (Å²) >= 11 is 1.75. The Morgan fingerprint density at radius 3 is 3.00 bits per heavy atom. The number of hydrogen-bond donors (Lipinski definition) is 2. The highest BCUT2D eigenvalue weighted by Crippen LogP contribution is 2.30. The summed E-state index contributed by atoms with van der Waals surface area (Å²) < 4.78 is 0. The number of nitrogens with one attached hydrogen (secondary N) is 1. The van der Waals surface area contributed by atoms with Gasteiger partial charge in [-0.2, -0.15) is 0 Å². The van der Waals surface area contributed by atoms with Gasteiger partial charge in [0.15, 0.2) is 0 Å². The van der Waals surface area contributed by atoms with Gasteiger partial charge in [-0.25, -0.2) is 9.97 Å². The van der Waals surface area contributed by atoms with E-state index < -0.39 is 0 Å². The number of nitrogens with zero attached hydrogens (tertiary/aromatic N) is 2. The molecule has 3 rings (SSSR count). The van der Waals surface area contributed by atoms with E-state index >= 15 is 0 Å². The van der Waals surface area contributed by atoms with Crippen molar-refractivity contribution < 1.29 is 0 Å². The molecular formula is C13H18N4S. The number of fused-ring (bicyclic) bond motifs is 1. The van der Waals surface area contributed by atoms with Crippen LogP contribution in [0.25, 0.3) is 10.2 Å².